The molecule has 2 unspecified atom stereocenters. The number of methoxy groups -OCH3 is 1. The SMILES string of the molecule is COCCOC1CCCc2ccccc2C1N. The molecule has 17 heavy (non-hydrogen) atoms. The van der Waals surface area contributed by atoms with Crippen molar-refractivity contribution in [3.05, 3.63) is 35.4 Å². The molecule has 0 heterocycles. The van der Waals surface area contributed by atoms with Crippen LogP contribution in [-0.4, -0.2) is 26.4 Å². The van der Waals surface area contributed by atoms with Gasteiger partial charge in [0, 0.05) is 7.11 Å². The maximum absolute atomic E-state index is 6.31. The van der Waals surface area contributed by atoms with Gasteiger partial charge in [0.25, 0.3) is 0 Å². The number of aryl methyl sites for hydroxylation is 1. The van der Waals surface area contributed by atoms with Crippen LogP contribution in [-0.2, 0) is 15.9 Å². The van der Waals surface area contributed by atoms with Gasteiger partial charge in [0.1, 0.15) is 0 Å². The Morgan fingerprint density at radius 2 is 2.12 bits per heavy atom. The standard InChI is InChI=1S/C14H21NO2/c1-16-9-10-17-13-8-4-6-11-5-2-3-7-12(11)14(13)15/h2-3,5,7,13-14H,4,6,8-10,15H2,1H3. The largest absolute Gasteiger partial charge is 0.382 e. The van der Waals surface area contributed by atoms with Gasteiger partial charge in [-0.2, -0.15) is 0 Å². The van der Waals surface area contributed by atoms with Crippen LogP contribution < -0.4 is 5.73 Å². The van der Waals surface area contributed by atoms with Crippen LogP contribution in [0.2, 0.25) is 0 Å². The Morgan fingerprint density at radius 1 is 1.29 bits per heavy atom. The molecule has 0 spiro atoms. The molecule has 0 amide bonds. The molecule has 0 saturated carbocycles. The first-order valence-electron chi connectivity index (χ1n) is 6.27. The van der Waals surface area contributed by atoms with Crippen molar-refractivity contribution in [1.29, 1.82) is 0 Å². The van der Waals surface area contributed by atoms with E-state index in [0.29, 0.717) is 13.2 Å². The molecule has 94 valence electrons. The van der Waals surface area contributed by atoms with Crippen LogP contribution in [0.15, 0.2) is 24.3 Å². The topological polar surface area (TPSA) is 44.5 Å². The van der Waals surface area contributed by atoms with E-state index in [1.807, 2.05) is 0 Å². The van der Waals surface area contributed by atoms with E-state index in [1.54, 1.807) is 7.11 Å². The number of hydrogen-bond donors (Lipinski definition) is 1. The second-order valence-electron chi connectivity index (χ2n) is 4.52. The number of benzene rings is 1. The fourth-order valence-electron chi connectivity index (χ4n) is 2.43. The number of fused-ring (bicyclic) bond motifs is 1. The first kappa shape index (κ1) is 12.6. The van der Waals surface area contributed by atoms with E-state index in [9.17, 15) is 0 Å². The van der Waals surface area contributed by atoms with Gasteiger partial charge in [0.2, 0.25) is 0 Å². The molecule has 0 saturated heterocycles. The quantitative estimate of drug-likeness (QED) is 0.641. The second kappa shape index (κ2) is 6.15. The van der Waals surface area contributed by atoms with Crippen molar-refractivity contribution in [2.24, 2.45) is 5.73 Å². The molecule has 2 rings (SSSR count). The normalized spacial score (nSPS) is 24.1. The molecule has 3 nitrogen and oxygen atoms in total. The summed E-state index contributed by atoms with van der Waals surface area (Å²) < 4.78 is 10.8. The number of hydrogen-bond acceptors (Lipinski definition) is 3. The minimum absolute atomic E-state index is 0.00874. The lowest BCUT2D eigenvalue weighted by Crippen LogP contribution is -2.29. The van der Waals surface area contributed by atoms with Crippen molar-refractivity contribution >= 4 is 0 Å². The molecule has 0 aliphatic heterocycles. The van der Waals surface area contributed by atoms with Gasteiger partial charge in [-0.3, -0.25) is 0 Å². The lowest BCUT2D eigenvalue weighted by atomic mass is 9.98. The maximum Gasteiger partial charge on any atom is 0.0769 e. The van der Waals surface area contributed by atoms with Gasteiger partial charge < -0.3 is 15.2 Å². The van der Waals surface area contributed by atoms with Crippen LogP contribution in [0.3, 0.4) is 0 Å². The zero-order valence-corrected chi connectivity index (χ0v) is 10.4. The van der Waals surface area contributed by atoms with Crippen LogP contribution in [0, 0.1) is 0 Å². The van der Waals surface area contributed by atoms with Crippen LogP contribution >= 0.6 is 0 Å². The second-order valence-corrected chi connectivity index (χ2v) is 4.52. The van der Waals surface area contributed by atoms with Crippen molar-refractivity contribution in [2.75, 3.05) is 20.3 Å². The van der Waals surface area contributed by atoms with E-state index in [-0.39, 0.29) is 12.1 Å². The van der Waals surface area contributed by atoms with Gasteiger partial charge in [-0.1, -0.05) is 24.3 Å². The van der Waals surface area contributed by atoms with Gasteiger partial charge in [-0.05, 0) is 30.4 Å². The maximum atomic E-state index is 6.31. The summed E-state index contributed by atoms with van der Waals surface area (Å²) in [4.78, 5) is 0. The van der Waals surface area contributed by atoms with Crippen molar-refractivity contribution in [2.45, 2.75) is 31.4 Å². The summed E-state index contributed by atoms with van der Waals surface area (Å²) in [5.74, 6) is 0. The monoisotopic (exact) mass is 235 g/mol. The summed E-state index contributed by atoms with van der Waals surface area (Å²) in [6, 6.07) is 8.42. The highest BCUT2D eigenvalue weighted by Crippen LogP contribution is 2.28. The highest BCUT2D eigenvalue weighted by molar-refractivity contribution is 5.31. The lowest BCUT2D eigenvalue weighted by molar-refractivity contribution is 0.000630. The Morgan fingerprint density at radius 3 is 2.94 bits per heavy atom. The number of ether oxygens (including phenoxy) is 2. The molecule has 0 aromatic heterocycles. The molecular formula is C14H21NO2. The Kier molecular flexibility index (Phi) is 4.54. The van der Waals surface area contributed by atoms with E-state index in [4.69, 9.17) is 15.2 Å². The predicted octanol–water partition coefficient (Wildman–Crippen LogP) is 2.05. The molecule has 0 radical (unpaired) electrons. The van der Waals surface area contributed by atoms with Crippen LogP contribution in [0.25, 0.3) is 0 Å². The van der Waals surface area contributed by atoms with E-state index in [0.717, 1.165) is 19.3 Å². The van der Waals surface area contributed by atoms with Crippen molar-refractivity contribution in [3.8, 4) is 0 Å². The molecule has 0 fully saturated rings. The molecule has 2 atom stereocenters. The minimum Gasteiger partial charge on any atom is -0.382 e. The Labute approximate surface area is 103 Å². The molecule has 1 aromatic carbocycles. The van der Waals surface area contributed by atoms with Gasteiger partial charge >= 0.3 is 0 Å². The Bertz CT molecular complexity index is 354. The summed E-state index contributed by atoms with van der Waals surface area (Å²) >= 11 is 0. The fraction of sp³-hybridized carbons (Fsp3) is 0.571. The Balaban J connectivity index is 2.06. The summed E-state index contributed by atoms with van der Waals surface area (Å²) in [7, 11) is 1.69. The van der Waals surface area contributed by atoms with E-state index >= 15 is 0 Å². The van der Waals surface area contributed by atoms with Crippen molar-refractivity contribution < 1.29 is 9.47 Å². The molecular weight excluding hydrogens is 214 g/mol. The molecule has 1 aliphatic rings. The summed E-state index contributed by atoms with van der Waals surface area (Å²) in [5.41, 5.74) is 8.92. The van der Waals surface area contributed by atoms with Crippen molar-refractivity contribution in [1.82, 2.24) is 0 Å². The molecule has 0 bridgehead atoms. The zero-order chi connectivity index (χ0) is 12.1. The third-order valence-corrected chi connectivity index (χ3v) is 3.37. The first-order valence-corrected chi connectivity index (χ1v) is 6.27. The van der Waals surface area contributed by atoms with Crippen molar-refractivity contribution in [3.63, 3.8) is 0 Å². The Hall–Kier alpha value is -0.900. The minimum atomic E-state index is -0.00874. The number of rotatable bonds is 4. The highest BCUT2D eigenvalue weighted by Gasteiger charge is 2.24. The molecule has 2 N–H and O–H groups in total. The molecule has 1 aliphatic carbocycles. The average molecular weight is 235 g/mol. The van der Waals surface area contributed by atoms with Gasteiger partial charge in [0.05, 0.1) is 25.4 Å². The molecule has 3 heteroatoms. The molecule has 1 aromatic rings. The summed E-state index contributed by atoms with van der Waals surface area (Å²) in [6.07, 6.45) is 3.39. The third-order valence-electron chi connectivity index (χ3n) is 3.37. The number of nitrogens with two attached hydrogens (primary N) is 1. The zero-order valence-electron chi connectivity index (χ0n) is 10.4. The smallest absolute Gasteiger partial charge is 0.0769 e. The van der Waals surface area contributed by atoms with Crippen LogP contribution in [0.5, 0.6) is 0 Å². The van der Waals surface area contributed by atoms with E-state index in [2.05, 4.69) is 24.3 Å². The first-order chi connectivity index (χ1) is 8.33. The lowest BCUT2D eigenvalue weighted by Gasteiger charge is -2.23. The van der Waals surface area contributed by atoms with Crippen LogP contribution in [0.4, 0.5) is 0 Å². The van der Waals surface area contributed by atoms with E-state index < -0.39 is 0 Å². The van der Waals surface area contributed by atoms with Gasteiger partial charge in [0.15, 0.2) is 0 Å². The summed E-state index contributed by atoms with van der Waals surface area (Å²) in [6.45, 7) is 1.25. The van der Waals surface area contributed by atoms with Gasteiger partial charge in [-0.25, -0.2) is 0 Å². The van der Waals surface area contributed by atoms with Crippen LogP contribution in [0.1, 0.15) is 30.0 Å². The van der Waals surface area contributed by atoms with E-state index in [1.165, 1.54) is 11.1 Å². The highest BCUT2D eigenvalue weighted by atomic mass is 16.5. The third kappa shape index (κ3) is 3.06. The summed E-state index contributed by atoms with van der Waals surface area (Å²) in [5, 5.41) is 0. The van der Waals surface area contributed by atoms with Gasteiger partial charge in [-0.15, -0.1) is 0 Å². The fourth-order valence-corrected chi connectivity index (χ4v) is 2.43. The predicted molar refractivity (Wildman–Crippen MR) is 67.9 cm³/mol. The average Bonchev–Trinajstić information content (AvgIpc) is 2.51.